The first-order valence-corrected chi connectivity index (χ1v) is 6.68. The lowest BCUT2D eigenvalue weighted by molar-refractivity contribution is -0.126. The van der Waals surface area contributed by atoms with Gasteiger partial charge >= 0.3 is 0 Å². The fraction of sp³-hybridized carbons (Fsp3) is 0.667. The van der Waals surface area contributed by atoms with Crippen LogP contribution in [0.4, 0.5) is 0 Å². The van der Waals surface area contributed by atoms with Gasteiger partial charge in [-0.25, -0.2) is 4.98 Å². The number of amides is 1. The van der Waals surface area contributed by atoms with E-state index in [2.05, 4.69) is 10.3 Å². The fourth-order valence-corrected chi connectivity index (χ4v) is 2.61. The molecule has 0 radical (unpaired) electrons. The summed E-state index contributed by atoms with van der Waals surface area (Å²) < 4.78 is 0. The van der Waals surface area contributed by atoms with Crippen LogP contribution >= 0.6 is 11.3 Å². The third-order valence-electron chi connectivity index (χ3n) is 2.70. The molecule has 0 bridgehead atoms. The van der Waals surface area contributed by atoms with E-state index < -0.39 is 5.54 Å². The number of hydrogen-bond donors (Lipinski definition) is 2. The van der Waals surface area contributed by atoms with Crippen molar-refractivity contribution in [1.29, 1.82) is 0 Å². The van der Waals surface area contributed by atoms with Crippen molar-refractivity contribution < 1.29 is 4.79 Å². The van der Waals surface area contributed by atoms with Crippen molar-refractivity contribution in [1.82, 2.24) is 10.3 Å². The second-order valence-electron chi connectivity index (χ2n) is 4.59. The van der Waals surface area contributed by atoms with Crippen molar-refractivity contribution in [3.63, 3.8) is 0 Å². The van der Waals surface area contributed by atoms with Crippen LogP contribution in [0.25, 0.3) is 0 Å². The molecule has 0 aliphatic rings. The van der Waals surface area contributed by atoms with Gasteiger partial charge in [-0.2, -0.15) is 0 Å². The Balaban J connectivity index is 2.56. The van der Waals surface area contributed by atoms with Crippen LogP contribution in [0, 0.1) is 13.8 Å². The van der Waals surface area contributed by atoms with E-state index in [0.717, 1.165) is 22.0 Å². The van der Waals surface area contributed by atoms with E-state index in [-0.39, 0.29) is 5.91 Å². The Morgan fingerprint density at radius 3 is 2.65 bits per heavy atom. The molecule has 0 fully saturated rings. The van der Waals surface area contributed by atoms with Crippen LogP contribution in [0.15, 0.2) is 0 Å². The lowest BCUT2D eigenvalue weighted by Crippen LogP contribution is -2.51. The minimum Gasteiger partial charge on any atom is -0.350 e. The lowest BCUT2D eigenvalue weighted by Gasteiger charge is -2.22. The first-order chi connectivity index (χ1) is 7.86. The van der Waals surface area contributed by atoms with E-state index in [1.165, 1.54) is 0 Å². The summed E-state index contributed by atoms with van der Waals surface area (Å²) in [7, 11) is 0. The van der Waals surface area contributed by atoms with Crippen molar-refractivity contribution in [2.45, 2.75) is 52.6 Å². The quantitative estimate of drug-likeness (QED) is 0.844. The molecule has 96 valence electrons. The van der Waals surface area contributed by atoms with E-state index >= 15 is 0 Å². The second kappa shape index (κ2) is 5.60. The maximum absolute atomic E-state index is 11.9. The average molecular weight is 255 g/mol. The van der Waals surface area contributed by atoms with Gasteiger partial charge in [0.15, 0.2) is 0 Å². The fourth-order valence-electron chi connectivity index (χ4n) is 1.73. The monoisotopic (exact) mass is 255 g/mol. The molecule has 1 aromatic rings. The molecule has 0 spiro atoms. The molecule has 0 aliphatic carbocycles. The van der Waals surface area contributed by atoms with Crippen molar-refractivity contribution in [3.8, 4) is 0 Å². The summed E-state index contributed by atoms with van der Waals surface area (Å²) in [6.07, 6.45) is 1.60. The summed E-state index contributed by atoms with van der Waals surface area (Å²) in [6, 6.07) is 0. The molecule has 1 heterocycles. The van der Waals surface area contributed by atoms with Crippen LogP contribution < -0.4 is 11.1 Å². The number of aromatic nitrogens is 1. The molecule has 3 N–H and O–H groups in total. The number of nitrogens with one attached hydrogen (secondary N) is 1. The summed E-state index contributed by atoms with van der Waals surface area (Å²) in [5.41, 5.74) is 6.17. The Labute approximate surface area is 107 Å². The van der Waals surface area contributed by atoms with E-state index in [0.29, 0.717) is 13.0 Å². The second-order valence-corrected chi connectivity index (χ2v) is 5.88. The van der Waals surface area contributed by atoms with Gasteiger partial charge in [-0.3, -0.25) is 4.79 Å². The van der Waals surface area contributed by atoms with Gasteiger partial charge in [0.05, 0.1) is 22.8 Å². The Bertz CT molecular complexity index is 398. The van der Waals surface area contributed by atoms with Gasteiger partial charge in [0.25, 0.3) is 0 Å². The summed E-state index contributed by atoms with van der Waals surface area (Å²) in [6.45, 7) is 8.24. The molecule has 1 rings (SSSR count). The molecule has 0 saturated carbocycles. The molecule has 4 nitrogen and oxygen atoms in total. The van der Waals surface area contributed by atoms with Gasteiger partial charge in [0, 0.05) is 4.88 Å². The van der Waals surface area contributed by atoms with Gasteiger partial charge in [0.1, 0.15) is 0 Å². The standard InChI is InChI=1S/C12H21N3OS/c1-5-6-12(4,13)11(16)14-7-10-8(2)15-9(3)17-10/h5-7,13H2,1-4H3,(H,14,16). The first-order valence-electron chi connectivity index (χ1n) is 5.87. The van der Waals surface area contributed by atoms with Crippen LogP contribution in [0.2, 0.25) is 0 Å². The lowest BCUT2D eigenvalue weighted by atomic mass is 9.96. The zero-order chi connectivity index (χ0) is 13.1. The van der Waals surface area contributed by atoms with Crippen LogP contribution in [-0.2, 0) is 11.3 Å². The van der Waals surface area contributed by atoms with Crippen molar-refractivity contribution in [2.75, 3.05) is 0 Å². The summed E-state index contributed by atoms with van der Waals surface area (Å²) in [5, 5.41) is 3.91. The third-order valence-corrected chi connectivity index (χ3v) is 3.77. The van der Waals surface area contributed by atoms with Crippen LogP contribution in [0.5, 0.6) is 0 Å². The summed E-state index contributed by atoms with van der Waals surface area (Å²) in [5.74, 6) is -0.0928. The Morgan fingerprint density at radius 2 is 2.18 bits per heavy atom. The van der Waals surface area contributed by atoms with Crippen molar-refractivity contribution in [3.05, 3.63) is 15.6 Å². The Morgan fingerprint density at radius 1 is 1.53 bits per heavy atom. The molecule has 1 atom stereocenters. The van der Waals surface area contributed by atoms with E-state index in [9.17, 15) is 4.79 Å². The summed E-state index contributed by atoms with van der Waals surface area (Å²) in [4.78, 5) is 17.3. The molecule has 1 aromatic heterocycles. The van der Waals surface area contributed by atoms with Crippen LogP contribution in [-0.4, -0.2) is 16.4 Å². The van der Waals surface area contributed by atoms with Gasteiger partial charge in [-0.1, -0.05) is 13.3 Å². The molecular weight excluding hydrogens is 234 g/mol. The number of rotatable bonds is 5. The highest BCUT2D eigenvalue weighted by atomic mass is 32.1. The van der Waals surface area contributed by atoms with Crippen molar-refractivity contribution >= 4 is 17.2 Å². The number of nitrogens with two attached hydrogens (primary N) is 1. The van der Waals surface area contributed by atoms with E-state index in [4.69, 9.17) is 5.73 Å². The zero-order valence-electron chi connectivity index (χ0n) is 11.0. The van der Waals surface area contributed by atoms with E-state index in [1.807, 2.05) is 20.8 Å². The number of thiazole rings is 1. The highest BCUT2D eigenvalue weighted by Gasteiger charge is 2.26. The summed E-state index contributed by atoms with van der Waals surface area (Å²) >= 11 is 1.61. The highest BCUT2D eigenvalue weighted by molar-refractivity contribution is 7.11. The maximum atomic E-state index is 11.9. The maximum Gasteiger partial charge on any atom is 0.240 e. The molecule has 1 amide bonds. The van der Waals surface area contributed by atoms with Gasteiger partial charge in [-0.05, 0) is 27.2 Å². The van der Waals surface area contributed by atoms with Crippen LogP contribution in [0.1, 0.15) is 42.3 Å². The average Bonchev–Trinajstić information content (AvgIpc) is 2.53. The number of nitrogens with zero attached hydrogens (tertiary/aromatic N) is 1. The smallest absolute Gasteiger partial charge is 0.240 e. The molecule has 0 saturated heterocycles. The predicted octanol–water partition coefficient (Wildman–Crippen LogP) is 1.89. The highest BCUT2D eigenvalue weighted by Crippen LogP contribution is 2.17. The van der Waals surface area contributed by atoms with Gasteiger partial charge in [-0.15, -0.1) is 11.3 Å². The molecular formula is C12H21N3OS. The molecule has 5 heteroatoms. The SMILES string of the molecule is CCCC(C)(N)C(=O)NCc1sc(C)nc1C. The number of carbonyl (C=O) groups is 1. The molecule has 1 unspecified atom stereocenters. The minimum absolute atomic E-state index is 0.0928. The molecule has 17 heavy (non-hydrogen) atoms. The minimum atomic E-state index is -0.775. The number of hydrogen-bond acceptors (Lipinski definition) is 4. The Kier molecular flexibility index (Phi) is 4.65. The Hall–Kier alpha value is -0.940. The number of carbonyl (C=O) groups excluding carboxylic acids is 1. The van der Waals surface area contributed by atoms with Gasteiger partial charge in [0.2, 0.25) is 5.91 Å². The first kappa shape index (κ1) is 14.1. The van der Waals surface area contributed by atoms with E-state index in [1.54, 1.807) is 18.3 Å². The van der Waals surface area contributed by atoms with Crippen LogP contribution in [0.3, 0.4) is 0 Å². The largest absolute Gasteiger partial charge is 0.350 e. The normalized spacial score (nSPS) is 14.4. The third kappa shape index (κ3) is 3.78. The van der Waals surface area contributed by atoms with Crippen molar-refractivity contribution in [2.24, 2.45) is 5.73 Å². The topological polar surface area (TPSA) is 68.0 Å². The number of aryl methyl sites for hydroxylation is 2. The zero-order valence-corrected chi connectivity index (χ0v) is 11.8. The molecule has 0 aliphatic heterocycles. The predicted molar refractivity (Wildman–Crippen MR) is 70.9 cm³/mol. The van der Waals surface area contributed by atoms with Gasteiger partial charge < -0.3 is 11.1 Å². The molecule has 0 aromatic carbocycles.